The molecular formula is C12H17N. The van der Waals surface area contributed by atoms with Crippen LogP contribution in [0.3, 0.4) is 0 Å². The van der Waals surface area contributed by atoms with Crippen molar-refractivity contribution < 1.29 is 0 Å². The van der Waals surface area contributed by atoms with Gasteiger partial charge in [0.15, 0.2) is 0 Å². The molecule has 0 radical (unpaired) electrons. The zero-order valence-electron chi connectivity index (χ0n) is 8.43. The fourth-order valence-corrected chi connectivity index (χ4v) is 2.45. The van der Waals surface area contributed by atoms with Gasteiger partial charge in [0.2, 0.25) is 0 Å². The van der Waals surface area contributed by atoms with Crippen molar-refractivity contribution in [3.05, 3.63) is 34.4 Å². The van der Waals surface area contributed by atoms with Crippen molar-refractivity contribution in [1.29, 1.82) is 0 Å². The summed E-state index contributed by atoms with van der Waals surface area (Å²) in [4.78, 5) is 0. The average Bonchev–Trinajstić information content (AvgIpc) is 2.50. The minimum Gasteiger partial charge on any atom is -0.324 e. The first-order chi connectivity index (χ1) is 6.20. The van der Waals surface area contributed by atoms with Crippen molar-refractivity contribution in [2.75, 3.05) is 0 Å². The Morgan fingerprint density at radius 2 is 2.08 bits per heavy atom. The maximum atomic E-state index is 5.99. The lowest BCUT2D eigenvalue weighted by molar-refractivity contribution is 0.791. The molecule has 1 heteroatoms. The van der Waals surface area contributed by atoms with Crippen LogP contribution in [0.2, 0.25) is 0 Å². The molecule has 0 saturated heterocycles. The molecule has 0 heterocycles. The quantitative estimate of drug-likeness (QED) is 0.697. The third kappa shape index (κ3) is 1.37. The standard InChI is InChI=1S/C12H17N/c1-8-6-7-10-4-3-5-11(10)12(8)9(2)13/h6-7,9H,3-5,13H2,1-2H3/t9-/m1/s1. The van der Waals surface area contributed by atoms with Crippen molar-refractivity contribution in [1.82, 2.24) is 0 Å². The molecule has 2 N–H and O–H groups in total. The second-order valence-corrected chi connectivity index (χ2v) is 4.08. The first-order valence-electron chi connectivity index (χ1n) is 5.07. The number of benzene rings is 1. The van der Waals surface area contributed by atoms with E-state index in [2.05, 4.69) is 26.0 Å². The highest BCUT2D eigenvalue weighted by molar-refractivity contribution is 5.44. The lowest BCUT2D eigenvalue weighted by Gasteiger charge is -2.15. The van der Waals surface area contributed by atoms with Crippen molar-refractivity contribution in [3.8, 4) is 0 Å². The highest BCUT2D eigenvalue weighted by Crippen LogP contribution is 2.30. The van der Waals surface area contributed by atoms with Gasteiger partial charge in [-0.15, -0.1) is 0 Å². The summed E-state index contributed by atoms with van der Waals surface area (Å²) in [6.45, 7) is 4.25. The van der Waals surface area contributed by atoms with E-state index in [1.54, 1.807) is 0 Å². The maximum absolute atomic E-state index is 5.99. The number of hydrogen-bond donors (Lipinski definition) is 1. The molecule has 0 bridgehead atoms. The molecule has 0 saturated carbocycles. The van der Waals surface area contributed by atoms with Crippen LogP contribution in [0.1, 0.15) is 41.6 Å². The molecule has 0 amide bonds. The lowest BCUT2D eigenvalue weighted by atomic mass is 9.94. The van der Waals surface area contributed by atoms with Crippen LogP contribution in [0.15, 0.2) is 12.1 Å². The van der Waals surface area contributed by atoms with Crippen LogP contribution in [0.25, 0.3) is 0 Å². The molecule has 0 spiro atoms. The zero-order chi connectivity index (χ0) is 9.42. The van der Waals surface area contributed by atoms with E-state index >= 15 is 0 Å². The Morgan fingerprint density at radius 3 is 2.77 bits per heavy atom. The summed E-state index contributed by atoms with van der Waals surface area (Å²) in [5.74, 6) is 0. The van der Waals surface area contributed by atoms with Gasteiger partial charge in [-0.1, -0.05) is 12.1 Å². The SMILES string of the molecule is Cc1ccc2c(c1[C@@H](C)N)CCC2. The zero-order valence-corrected chi connectivity index (χ0v) is 8.43. The predicted molar refractivity (Wildman–Crippen MR) is 55.8 cm³/mol. The van der Waals surface area contributed by atoms with Gasteiger partial charge in [0.05, 0.1) is 0 Å². The van der Waals surface area contributed by atoms with E-state index in [0.29, 0.717) is 0 Å². The molecule has 1 nitrogen and oxygen atoms in total. The van der Waals surface area contributed by atoms with Gasteiger partial charge in [-0.25, -0.2) is 0 Å². The highest BCUT2D eigenvalue weighted by Gasteiger charge is 2.17. The van der Waals surface area contributed by atoms with E-state index in [9.17, 15) is 0 Å². The third-order valence-electron chi connectivity index (χ3n) is 3.00. The molecule has 0 unspecified atom stereocenters. The van der Waals surface area contributed by atoms with E-state index in [-0.39, 0.29) is 6.04 Å². The van der Waals surface area contributed by atoms with Gasteiger partial charge < -0.3 is 5.73 Å². The van der Waals surface area contributed by atoms with Crippen LogP contribution in [0, 0.1) is 6.92 Å². The number of nitrogens with two attached hydrogens (primary N) is 1. The van der Waals surface area contributed by atoms with Gasteiger partial charge in [-0.2, -0.15) is 0 Å². The first-order valence-corrected chi connectivity index (χ1v) is 5.07. The second-order valence-electron chi connectivity index (χ2n) is 4.08. The molecule has 70 valence electrons. The van der Waals surface area contributed by atoms with Crippen LogP contribution >= 0.6 is 0 Å². The molecule has 1 aromatic carbocycles. The topological polar surface area (TPSA) is 26.0 Å². The monoisotopic (exact) mass is 175 g/mol. The van der Waals surface area contributed by atoms with Crippen LogP contribution in [-0.2, 0) is 12.8 Å². The van der Waals surface area contributed by atoms with E-state index in [4.69, 9.17) is 5.73 Å². The Hall–Kier alpha value is -0.820. The minimum absolute atomic E-state index is 0.188. The van der Waals surface area contributed by atoms with E-state index in [1.807, 2.05) is 0 Å². The fraction of sp³-hybridized carbons (Fsp3) is 0.500. The van der Waals surface area contributed by atoms with Gasteiger partial charge >= 0.3 is 0 Å². The predicted octanol–water partition coefficient (Wildman–Crippen LogP) is 2.50. The third-order valence-corrected chi connectivity index (χ3v) is 3.00. The van der Waals surface area contributed by atoms with Crippen LogP contribution < -0.4 is 5.73 Å². The molecule has 1 aromatic rings. The number of fused-ring (bicyclic) bond motifs is 1. The van der Waals surface area contributed by atoms with E-state index in [0.717, 1.165) is 0 Å². The van der Waals surface area contributed by atoms with Crippen molar-refractivity contribution in [3.63, 3.8) is 0 Å². The second kappa shape index (κ2) is 3.15. The molecule has 2 rings (SSSR count). The summed E-state index contributed by atoms with van der Waals surface area (Å²) in [5.41, 5.74) is 11.8. The summed E-state index contributed by atoms with van der Waals surface area (Å²) < 4.78 is 0. The van der Waals surface area contributed by atoms with E-state index < -0.39 is 0 Å². The maximum Gasteiger partial charge on any atom is 0.0271 e. The molecule has 13 heavy (non-hydrogen) atoms. The Balaban J connectivity index is 2.58. The van der Waals surface area contributed by atoms with Crippen LogP contribution in [0.5, 0.6) is 0 Å². The van der Waals surface area contributed by atoms with Gasteiger partial charge in [0.25, 0.3) is 0 Å². The van der Waals surface area contributed by atoms with Gasteiger partial charge in [-0.3, -0.25) is 0 Å². The highest BCUT2D eigenvalue weighted by atomic mass is 14.6. The normalized spacial score (nSPS) is 17.2. The summed E-state index contributed by atoms with van der Waals surface area (Å²) in [7, 11) is 0. The lowest BCUT2D eigenvalue weighted by Crippen LogP contribution is -2.10. The van der Waals surface area contributed by atoms with Crippen molar-refractivity contribution in [2.45, 2.75) is 39.2 Å². The van der Waals surface area contributed by atoms with Crippen LogP contribution in [0.4, 0.5) is 0 Å². The smallest absolute Gasteiger partial charge is 0.0271 e. The Kier molecular flexibility index (Phi) is 2.12. The average molecular weight is 175 g/mol. The Morgan fingerprint density at radius 1 is 1.31 bits per heavy atom. The van der Waals surface area contributed by atoms with Gasteiger partial charge in [0, 0.05) is 6.04 Å². The Labute approximate surface area is 80.0 Å². The summed E-state index contributed by atoms with van der Waals surface area (Å²) in [6.07, 6.45) is 3.78. The largest absolute Gasteiger partial charge is 0.324 e. The number of hydrogen-bond acceptors (Lipinski definition) is 1. The molecule has 1 atom stereocenters. The minimum atomic E-state index is 0.188. The van der Waals surface area contributed by atoms with Crippen LogP contribution in [-0.4, -0.2) is 0 Å². The molecule has 0 aliphatic heterocycles. The van der Waals surface area contributed by atoms with Crippen molar-refractivity contribution in [2.24, 2.45) is 5.73 Å². The molecular weight excluding hydrogens is 158 g/mol. The summed E-state index contributed by atoms with van der Waals surface area (Å²) in [5, 5.41) is 0. The summed E-state index contributed by atoms with van der Waals surface area (Å²) in [6, 6.07) is 4.67. The molecule has 1 aliphatic rings. The number of rotatable bonds is 1. The molecule has 0 fully saturated rings. The number of aryl methyl sites for hydroxylation is 2. The molecule has 0 aromatic heterocycles. The molecule has 1 aliphatic carbocycles. The van der Waals surface area contributed by atoms with E-state index in [1.165, 1.54) is 41.5 Å². The fourth-order valence-electron chi connectivity index (χ4n) is 2.45. The first kappa shape index (κ1) is 8.76. The summed E-state index contributed by atoms with van der Waals surface area (Å²) >= 11 is 0. The van der Waals surface area contributed by atoms with Gasteiger partial charge in [0.1, 0.15) is 0 Å². The van der Waals surface area contributed by atoms with Crippen molar-refractivity contribution >= 4 is 0 Å². The van der Waals surface area contributed by atoms with Gasteiger partial charge in [-0.05, 0) is 55.4 Å². The Bertz CT molecular complexity index is 326.